The second-order valence-corrected chi connectivity index (χ2v) is 17.1. The Morgan fingerprint density at radius 2 is 1.10 bits per heavy atom. The molecule has 3 heterocycles. The van der Waals surface area contributed by atoms with Gasteiger partial charge in [-0.1, -0.05) is 52.9 Å². The highest BCUT2D eigenvalue weighted by Gasteiger charge is 2.40. The average Bonchev–Trinajstić information content (AvgIpc) is 2.87. The fourth-order valence-corrected chi connectivity index (χ4v) is 12.0. The zero-order valence-electron chi connectivity index (χ0n) is 27.4. The van der Waals surface area contributed by atoms with Crippen LogP contribution >= 0.6 is 0 Å². The number of rotatable bonds is 27. The quantitative estimate of drug-likeness (QED) is 0.0702. The van der Waals surface area contributed by atoms with Crippen LogP contribution in [0.2, 0.25) is 18.1 Å². The van der Waals surface area contributed by atoms with Gasteiger partial charge in [-0.05, 0) is 82.3 Å². The van der Waals surface area contributed by atoms with Gasteiger partial charge in [0.15, 0.2) is 8.32 Å². The van der Waals surface area contributed by atoms with Gasteiger partial charge in [-0.25, -0.2) is 0 Å². The highest BCUT2D eigenvalue weighted by atomic mass is 28.4. The molecule has 242 valence electrons. The maximum atomic E-state index is 6.86. The minimum Gasteiger partial charge on any atom is -0.417 e. The van der Waals surface area contributed by atoms with Crippen molar-refractivity contribution in [3.8, 4) is 0 Å². The van der Waals surface area contributed by atoms with Crippen LogP contribution in [0.1, 0.15) is 111 Å². The highest BCUT2D eigenvalue weighted by Crippen LogP contribution is 2.37. The Labute approximate surface area is 254 Å². The minimum atomic E-state index is -1.84. The van der Waals surface area contributed by atoms with Gasteiger partial charge in [-0.2, -0.15) is 0 Å². The van der Waals surface area contributed by atoms with Gasteiger partial charge in [0.05, 0.1) is 31.5 Å². The Morgan fingerprint density at radius 3 is 1.46 bits per heavy atom. The fraction of sp³-hybridized carbons (Fsp3) is 1.00. The summed E-state index contributed by atoms with van der Waals surface area (Å²) in [6.07, 6.45) is 17.2. The third-order valence-electron chi connectivity index (χ3n) is 10.1. The van der Waals surface area contributed by atoms with E-state index in [0.717, 1.165) is 78.5 Å². The van der Waals surface area contributed by atoms with Crippen molar-refractivity contribution >= 4 is 8.32 Å². The van der Waals surface area contributed by atoms with E-state index in [4.69, 9.17) is 28.1 Å². The van der Waals surface area contributed by atoms with Crippen LogP contribution in [0.4, 0.5) is 0 Å². The van der Waals surface area contributed by atoms with Crippen molar-refractivity contribution in [3.05, 3.63) is 0 Å². The zero-order valence-corrected chi connectivity index (χ0v) is 28.4. The molecular formula is C34H66O6Si. The highest BCUT2D eigenvalue weighted by molar-refractivity contribution is 6.73. The van der Waals surface area contributed by atoms with Gasteiger partial charge in [0.25, 0.3) is 0 Å². The lowest BCUT2D eigenvalue weighted by Gasteiger charge is -2.40. The Hall–Kier alpha value is -0.0231. The summed E-state index contributed by atoms with van der Waals surface area (Å²) >= 11 is 0. The third kappa shape index (κ3) is 12.5. The van der Waals surface area contributed by atoms with Crippen molar-refractivity contribution in [2.75, 3.05) is 52.9 Å². The number of hydrogen-bond donors (Lipinski definition) is 0. The SMILES string of the molecule is CCCC(C[Si](CCCCCOCC(CC)C1CCO1)(CCCCCOCC(CC)C1CCO1)OCC)C1CCO1. The predicted molar refractivity (Wildman–Crippen MR) is 170 cm³/mol. The largest absolute Gasteiger partial charge is 0.417 e. The monoisotopic (exact) mass is 598 g/mol. The normalized spacial score (nSPS) is 25.9. The summed E-state index contributed by atoms with van der Waals surface area (Å²) < 4.78 is 36.5. The van der Waals surface area contributed by atoms with Crippen LogP contribution < -0.4 is 0 Å². The lowest BCUT2D eigenvalue weighted by molar-refractivity contribution is -0.103. The molecule has 3 aliphatic rings. The summed E-state index contributed by atoms with van der Waals surface area (Å²) in [7, 11) is -1.84. The van der Waals surface area contributed by atoms with Crippen LogP contribution in [0.25, 0.3) is 0 Å². The molecule has 0 radical (unpaired) electrons. The Bertz CT molecular complexity index is 603. The van der Waals surface area contributed by atoms with Crippen molar-refractivity contribution in [1.29, 1.82) is 0 Å². The Balaban J connectivity index is 1.40. The van der Waals surface area contributed by atoms with Crippen molar-refractivity contribution < 1.29 is 28.1 Å². The van der Waals surface area contributed by atoms with Crippen LogP contribution in [0, 0.1) is 17.8 Å². The summed E-state index contributed by atoms with van der Waals surface area (Å²) in [6.45, 7) is 16.2. The lowest BCUT2D eigenvalue weighted by atomic mass is 9.94. The van der Waals surface area contributed by atoms with Crippen LogP contribution in [0.3, 0.4) is 0 Å². The summed E-state index contributed by atoms with van der Waals surface area (Å²) in [5.74, 6) is 1.82. The molecule has 41 heavy (non-hydrogen) atoms. The van der Waals surface area contributed by atoms with E-state index in [1.807, 2.05) is 0 Å². The van der Waals surface area contributed by atoms with Gasteiger partial charge in [0, 0.05) is 51.5 Å². The standard InChI is InChI=1S/C34H66O6Si/c1-5-15-31(34-18-23-39-34)28-41(40-8-4,24-13-9-11-19-35-26-29(6-2)32-16-21-37-32)25-14-10-12-20-36-27-30(7-3)33-17-22-38-33/h29-34H,5-28H2,1-4H3. The number of hydrogen-bond acceptors (Lipinski definition) is 6. The first-order valence-electron chi connectivity index (χ1n) is 17.8. The first kappa shape index (κ1) is 35.5. The average molecular weight is 599 g/mol. The van der Waals surface area contributed by atoms with Crippen molar-refractivity contribution in [3.63, 3.8) is 0 Å². The molecule has 0 N–H and O–H groups in total. The molecule has 6 unspecified atom stereocenters. The van der Waals surface area contributed by atoms with E-state index in [1.54, 1.807) is 0 Å². The van der Waals surface area contributed by atoms with Crippen molar-refractivity contribution in [2.24, 2.45) is 17.8 Å². The van der Waals surface area contributed by atoms with Gasteiger partial charge in [-0.15, -0.1) is 0 Å². The Morgan fingerprint density at radius 1 is 0.634 bits per heavy atom. The van der Waals surface area contributed by atoms with Gasteiger partial charge in [0.2, 0.25) is 0 Å². The molecule has 0 aromatic carbocycles. The first-order chi connectivity index (χ1) is 20.1. The maximum absolute atomic E-state index is 6.86. The predicted octanol–water partition coefficient (Wildman–Crippen LogP) is 8.18. The summed E-state index contributed by atoms with van der Waals surface area (Å²) in [5, 5.41) is 0. The van der Waals surface area contributed by atoms with E-state index in [1.165, 1.54) is 75.9 Å². The van der Waals surface area contributed by atoms with Gasteiger partial charge >= 0.3 is 0 Å². The Kier molecular flexibility index (Phi) is 18.0. The molecule has 6 nitrogen and oxygen atoms in total. The molecule has 0 aromatic rings. The van der Waals surface area contributed by atoms with Crippen LogP contribution in [-0.2, 0) is 28.1 Å². The van der Waals surface area contributed by atoms with Crippen molar-refractivity contribution in [1.82, 2.24) is 0 Å². The number of ether oxygens (including phenoxy) is 5. The molecule has 3 fully saturated rings. The van der Waals surface area contributed by atoms with Crippen molar-refractivity contribution in [2.45, 2.75) is 148 Å². The van der Waals surface area contributed by atoms with E-state index >= 15 is 0 Å². The second kappa shape index (κ2) is 20.8. The lowest BCUT2D eigenvalue weighted by Crippen LogP contribution is -2.45. The molecule has 3 aliphatic heterocycles. The summed E-state index contributed by atoms with van der Waals surface area (Å²) in [5.41, 5.74) is 0. The van der Waals surface area contributed by atoms with E-state index in [2.05, 4.69) is 27.7 Å². The van der Waals surface area contributed by atoms with Gasteiger partial charge < -0.3 is 28.1 Å². The molecule has 7 heteroatoms. The smallest absolute Gasteiger partial charge is 0.193 e. The van der Waals surface area contributed by atoms with Crippen LogP contribution in [0.15, 0.2) is 0 Å². The maximum Gasteiger partial charge on any atom is 0.193 e. The minimum absolute atomic E-state index is 0.440. The van der Waals surface area contributed by atoms with E-state index in [-0.39, 0.29) is 0 Å². The van der Waals surface area contributed by atoms with Crippen LogP contribution in [0.5, 0.6) is 0 Å². The molecule has 0 aliphatic carbocycles. The van der Waals surface area contributed by atoms with Gasteiger partial charge in [0.1, 0.15) is 0 Å². The molecule has 0 saturated carbocycles. The van der Waals surface area contributed by atoms with Crippen LogP contribution in [-0.4, -0.2) is 79.5 Å². The molecule has 0 spiro atoms. The topological polar surface area (TPSA) is 55.4 Å². The third-order valence-corrected chi connectivity index (χ3v) is 14.8. The molecule has 0 bridgehead atoms. The molecule has 0 amide bonds. The van der Waals surface area contributed by atoms with E-state index < -0.39 is 8.32 Å². The first-order valence-corrected chi connectivity index (χ1v) is 20.3. The van der Waals surface area contributed by atoms with Gasteiger partial charge in [-0.3, -0.25) is 0 Å². The van der Waals surface area contributed by atoms with E-state index in [9.17, 15) is 0 Å². The zero-order chi connectivity index (χ0) is 29.2. The second-order valence-electron chi connectivity index (χ2n) is 13.1. The molecule has 6 atom stereocenters. The molecular weight excluding hydrogens is 532 g/mol. The summed E-state index contributed by atoms with van der Waals surface area (Å²) in [4.78, 5) is 0. The summed E-state index contributed by atoms with van der Waals surface area (Å²) in [6, 6.07) is 3.86. The fourth-order valence-electron chi connectivity index (χ4n) is 7.09. The van der Waals surface area contributed by atoms with E-state index in [0.29, 0.717) is 36.1 Å². The molecule has 0 aromatic heterocycles. The number of unbranched alkanes of at least 4 members (excludes halogenated alkanes) is 4. The molecule has 3 saturated heterocycles. The molecule has 3 rings (SSSR count).